The van der Waals surface area contributed by atoms with Gasteiger partial charge < -0.3 is 10.2 Å². The number of aliphatic hydroxyl groups excluding tert-OH is 1. The van der Waals surface area contributed by atoms with Crippen molar-refractivity contribution in [2.75, 3.05) is 6.61 Å². The second-order valence-corrected chi connectivity index (χ2v) is 4.19. The predicted octanol–water partition coefficient (Wildman–Crippen LogP) is 1.36. The first-order valence-electron chi connectivity index (χ1n) is 4.91. The third-order valence-electron chi connectivity index (χ3n) is 3.48. The Morgan fingerprint density at radius 1 is 1.54 bits per heavy atom. The maximum Gasteiger partial charge on any atom is 0.306 e. The Labute approximate surface area is 78.8 Å². The molecule has 4 atom stereocenters. The molecule has 2 N–H and O–H groups in total. The van der Waals surface area contributed by atoms with Crippen LogP contribution in [0.5, 0.6) is 0 Å². The van der Waals surface area contributed by atoms with Crippen LogP contribution >= 0.6 is 0 Å². The smallest absolute Gasteiger partial charge is 0.306 e. The summed E-state index contributed by atoms with van der Waals surface area (Å²) in [5.74, 6) is -0.236. The molecule has 0 heterocycles. The maximum absolute atomic E-state index is 10.8. The monoisotopic (exact) mass is 186 g/mol. The van der Waals surface area contributed by atoms with Crippen molar-refractivity contribution in [2.24, 2.45) is 23.7 Å². The molecule has 3 nitrogen and oxygen atoms in total. The molecule has 13 heavy (non-hydrogen) atoms. The molecule has 0 bridgehead atoms. The molecule has 0 saturated heterocycles. The van der Waals surface area contributed by atoms with E-state index in [1.165, 1.54) is 0 Å². The van der Waals surface area contributed by atoms with Gasteiger partial charge in [0.25, 0.3) is 0 Å². The lowest BCUT2D eigenvalue weighted by Gasteiger charge is -2.23. The lowest BCUT2D eigenvalue weighted by atomic mass is 9.83. The molecule has 0 aromatic heterocycles. The van der Waals surface area contributed by atoms with Crippen molar-refractivity contribution in [3.05, 3.63) is 0 Å². The van der Waals surface area contributed by atoms with Crippen LogP contribution in [0.4, 0.5) is 0 Å². The highest BCUT2D eigenvalue weighted by molar-refractivity contribution is 5.70. The Morgan fingerprint density at radius 3 is 2.62 bits per heavy atom. The number of hydrogen-bond donors (Lipinski definition) is 2. The van der Waals surface area contributed by atoms with Crippen molar-refractivity contribution in [3.8, 4) is 0 Å². The van der Waals surface area contributed by atoms with Crippen molar-refractivity contribution in [1.29, 1.82) is 0 Å². The number of rotatable bonds is 3. The van der Waals surface area contributed by atoms with Gasteiger partial charge in [0.1, 0.15) is 0 Å². The third kappa shape index (κ3) is 2.02. The van der Waals surface area contributed by atoms with Gasteiger partial charge in [-0.1, -0.05) is 20.3 Å². The summed E-state index contributed by atoms with van der Waals surface area (Å²) in [5, 5.41) is 18.0. The van der Waals surface area contributed by atoms with Crippen molar-refractivity contribution in [1.82, 2.24) is 0 Å². The average Bonchev–Trinajstić information content (AvgIpc) is 2.45. The molecule has 0 aromatic carbocycles. The minimum atomic E-state index is -0.738. The zero-order valence-corrected chi connectivity index (χ0v) is 8.23. The van der Waals surface area contributed by atoms with Crippen LogP contribution in [0, 0.1) is 23.7 Å². The molecular weight excluding hydrogens is 168 g/mol. The molecule has 0 amide bonds. The first kappa shape index (κ1) is 10.5. The standard InChI is InChI=1S/C10H18O3/c1-6-3-4-8(9(6)5-11)7(2)10(12)13/h6-9,11H,3-5H2,1-2H3,(H,12,13). The van der Waals surface area contributed by atoms with Gasteiger partial charge in [0.05, 0.1) is 5.92 Å². The van der Waals surface area contributed by atoms with Crippen molar-refractivity contribution < 1.29 is 15.0 Å². The van der Waals surface area contributed by atoms with E-state index in [2.05, 4.69) is 6.92 Å². The molecule has 0 aliphatic heterocycles. The number of aliphatic carboxylic acids is 1. The summed E-state index contributed by atoms with van der Waals surface area (Å²) in [7, 11) is 0. The van der Waals surface area contributed by atoms with E-state index in [0.29, 0.717) is 5.92 Å². The van der Waals surface area contributed by atoms with Gasteiger partial charge in [-0.15, -0.1) is 0 Å². The van der Waals surface area contributed by atoms with Gasteiger partial charge in [-0.2, -0.15) is 0 Å². The van der Waals surface area contributed by atoms with Gasteiger partial charge >= 0.3 is 5.97 Å². The fourth-order valence-electron chi connectivity index (χ4n) is 2.42. The summed E-state index contributed by atoms with van der Waals surface area (Å²) >= 11 is 0. The minimum Gasteiger partial charge on any atom is -0.481 e. The molecule has 1 fully saturated rings. The van der Waals surface area contributed by atoms with E-state index in [9.17, 15) is 4.79 Å². The Hall–Kier alpha value is -0.570. The maximum atomic E-state index is 10.8. The normalized spacial score (nSPS) is 36.1. The SMILES string of the molecule is CC1CCC(C(C)C(=O)O)C1CO. The first-order chi connectivity index (χ1) is 6.07. The average molecular weight is 186 g/mol. The lowest BCUT2D eigenvalue weighted by Crippen LogP contribution is -2.27. The van der Waals surface area contributed by atoms with E-state index in [-0.39, 0.29) is 24.4 Å². The van der Waals surface area contributed by atoms with Crippen LogP contribution in [-0.4, -0.2) is 22.8 Å². The van der Waals surface area contributed by atoms with E-state index in [1.54, 1.807) is 6.92 Å². The molecule has 1 aliphatic carbocycles. The molecule has 1 saturated carbocycles. The van der Waals surface area contributed by atoms with Gasteiger partial charge in [-0.3, -0.25) is 4.79 Å². The van der Waals surface area contributed by atoms with Crippen molar-refractivity contribution >= 4 is 5.97 Å². The van der Waals surface area contributed by atoms with E-state index in [1.807, 2.05) is 0 Å². The quantitative estimate of drug-likeness (QED) is 0.699. The molecule has 76 valence electrons. The molecular formula is C10H18O3. The van der Waals surface area contributed by atoms with Crippen molar-refractivity contribution in [2.45, 2.75) is 26.7 Å². The van der Waals surface area contributed by atoms with Crippen LogP contribution in [0.3, 0.4) is 0 Å². The Bertz CT molecular complexity index is 191. The summed E-state index contributed by atoms with van der Waals surface area (Å²) < 4.78 is 0. The second kappa shape index (κ2) is 4.09. The summed E-state index contributed by atoms with van der Waals surface area (Å²) in [6, 6.07) is 0. The fraction of sp³-hybridized carbons (Fsp3) is 0.900. The summed E-state index contributed by atoms with van der Waals surface area (Å²) in [6.07, 6.45) is 1.99. The second-order valence-electron chi connectivity index (χ2n) is 4.19. The van der Waals surface area contributed by atoms with Crippen LogP contribution in [-0.2, 0) is 4.79 Å². The Balaban J connectivity index is 2.64. The molecule has 0 aromatic rings. The molecule has 3 heteroatoms. The van der Waals surface area contributed by atoms with E-state index < -0.39 is 5.97 Å². The molecule has 0 spiro atoms. The summed E-state index contributed by atoms with van der Waals surface area (Å²) in [4.78, 5) is 10.8. The van der Waals surface area contributed by atoms with Gasteiger partial charge in [-0.05, 0) is 24.2 Å². The largest absolute Gasteiger partial charge is 0.481 e. The lowest BCUT2D eigenvalue weighted by molar-refractivity contribution is -0.143. The van der Waals surface area contributed by atoms with Crippen LogP contribution in [0.25, 0.3) is 0 Å². The highest BCUT2D eigenvalue weighted by atomic mass is 16.4. The topological polar surface area (TPSA) is 57.5 Å². The molecule has 0 radical (unpaired) electrons. The van der Waals surface area contributed by atoms with Crippen LogP contribution in [0.1, 0.15) is 26.7 Å². The number of carboxylic acid groups (broad SMARTS) is 1. The summed E-state index contributed by atoms with van der Waals surface area (Å²) in [5.41, 5.74) is 0. The molecule has 1 rings (SSSR count). The highest BCUT2D eigenvalue weighted by Gasteiger charge is 2.38. The molecule has 4 unspecified atom stereocenters. The van der Waals surface area contributed by atoms with Crippen molar-refractivity contribution in [3.63, 3.8) is 0 Å². The van der Waals surface area contributed by atoms with Crippen LogP contribution < -0.4 is 0 Å². The van der Waals surface area contributed by atoms with Crippen LogP contribution in [0.2, 0.25) is 0 Å². The zero-order valence-electron chi connectivity index (χ0n) is 8.23. The van der Waals surface area contributed by atoms with E-state index in [0.717, 1.165) is 12.8 Å². The zero-order chi connectivity index (χ0) is 10.0. The number of aliphatic hydroxyl groups is 1. The number of hydrogen-bond acceptors (Lipinski definition) is 2. The third-order valence-corrected chi connectivity index (χ3v) is 3.48. The Morgan fingerprint density at radius 2 is 2.15 bits per heavy atom. The summed E-state index contributed by atoms with van der Waals surface area (Å²) in [6.45, 7) is 3.96. The van der Waals surface area contributed by atoms with Gasteiger partial charge in [0.2, 0.25) is 0 Å². The number of carbonyl (C=O) groups is 1. The van der Waals surface area contributed by atoms with Crippen LogP contribution in [0.15, 0.2) is 0 Å². The Kier molecular flexibility index (Phi) is 3.31. The van der Waals surface area contributed by atoms with E-state index >= 15 is 0 Å². The van der Waals surface area contributed by atoms with Gasteiger partial charge in [-0.25, -0.2) is 0 Å². The highest BCUT2D eigenvalue weighted by Crippen LogP contribution is 2.40. The predicted molar refractivity (Wildman–Crippen MR) is 49.3 cm³/mol. The van der Waals surface area contributed by atoms with Gasteiger partial charge in [0.15, 0.2) is 0 Å². The minimum absolute atomic E-state index is 0.128. The van der Waals surface area contributed by atoms with Gasteiger partial charge in [0, 0.05) is 6.61 Å². The first-order valence-corrected chi connectivity index (χ1v) is 4.91. The number of carboxylic acids is 1. The molecule has 1 aliphatic rings. The van der Waals surface area contributed by atoms with E-state index in [4.69, 9.17) is 10.2 Å². The fourth-order valence-corrected chi connectivity index (χ4v) is 2.42.